The lowest BCUT2D eigenvalue weighted by atomic mass is 10.0. The second-order valence-electron chi connectivity index (χ2n) is 4.28. The molecule has 6 heteroatoms. The molecule has 1 aromatic carbocycles. The topological polar surface area (TPSA) is 93.8 Å². The molecule has 0 saturated carbocycles. The van der Waals surface area contributed by atoms with Crippen LogP contribution in [0.2, 0.25) is 0 Å². The first kappa shape index (κ1) is 15.7. The second-order valence-corrected chi connectivity index (χ2v) is 4.28. The van der Waals surface area contributed by atoms with Crippen molar-refractivity contribution < 1.29 is 14.3 Å². The van der Waals surface area contributed by atoms with Crippen LogP contribution < -0.4 is 11.2 Å². The first-order valence-corrected chi connectivity index (χ1v) is 6.38. The number of hydrogen-bond donors (Lipinski definition) is 2. The highest BCUT2D eigenvalue weighted by atomic mass is 16.5. The largest absolute Gasteiger partial charge is 0.460 e. The molecule has 1 amide bonds. The maximum Gasteiger partial charge on any atom is 0.375 e. The summed E-state index contributed by atoms with van der Waals surface area (Å²) in [6.45, 7) is 3.64. The third-order valence-corrected chi connectivity index (χ3v) is 2.60. The van der Waals surface area contributed by atoms with Gasteiger partial charge in [0.05, 0.1) is 6.61 Å². The number of ether oxygens (including phenoxy) is 1. The third kappa shape index (κ3) is 5.09. The van der Waals surface area contributed by atoms with Gasteiger partial charge < -0.3 is 10.5 Å². The fourth-order valence-corrected chi connectivity index (χ4v) is 1.54. The van der Waals surface area contributed by atoms with Crippen LogP contribution in [0, 0.1) is 5.92 Å². The number of carbonyl (C=O) groups excluding carboxylic acids is 2. The summed E-state index contributed by atoms with van der Waals surface area (Å²) in [5.41, 5.74) is 8.68. The molecular formula is C14H19N3O3. The minimum absolute atomic E-state index is 0.202. The number of esters is 1. The van der Waals surface area contributed by atoms with Crippen molar-refractivity contribution in [3.05, 3.63) is 35.9 Å². The Morgan fingerprint density at radius 3 is 2.60 bits per heavy atom. The Kier molecular flexibility index (Phi) is 6.22. The van der Waals surface area contributed by atoms with Gasteiger partial charge in [0, 0.05) is 5.92 Å². The fourth-order valence-electron chi connectivity index (χ4n) is 1.54. The monoisotopic (exact) mass is 277 g/mol. The van der Waals surface area contributed by atoms with E-state index in [2.05, 4.69) is 15.3 Å². The van der Waals surface area contributed by atoms with Crippen molar-refractivity contribution in [2.45, 2.75) is 20.3 Å². The number of nitrogens with one attached hydrogen (secondary N) is 1. The van der Waals surface area contributed by atoms with Gasteiger partial charge in [-0.1, -0.05) is 37.3 Å². The zero-order chi connectivity index (χ0) is 15.0. The molecule has 6 nitrogen and oxygen atoms in total. The highest BCUT2D eigenvalue weighted by molar-refractivity contribution is 6.34. The lowest BCUT2D eigenvalue weighted by Gasteiger charge is -2.09. The van der Waals surface area contributed by atoms with Crippen LogP contribution in [0.1, 0.15) is 19.4 Å². The molecule has 108 valence electrons. The van der Waals surface area contributed by atoms with Crippen LogP contribution >= 0.6 is 0 Å². The van der Waals surface area contributed by atoms with Gasteiger partial charge in [0.2, 0.25) is 11.7 Å². The highest BCUT2D eigenvalue weighted by Crippen LogP contribution is 2.08. The second kappa shape index (κ2) is 7.93. The number of benzene rings is 1. The molecule has 0 aromatic heterocycles. The Bertz CT molecular complexity index is 486. The molecule has 0 unspecified atom stereocenters. The number of carbonyl (C=O) groups is 2. The first-order chi connectivity index (χ1) is 9.54. The summed E-state index contributed by atoms with van der Waals surface area (Å²) >= 11 is 0. The molecule has 0 fully saturated rings. The summed E-state index contributed by atoms with van der Waals surface area (Å²) < 4.78 is 4.65. The van der Waals surface area contributed by atoms with E-state index >= 15 is 0 Å². The molecule has 0 aliphatic rings. The summed E-state index contributed by atoms with van der Waals surface area (Å²) in [6.07, 6.45) is 0.585. The van der Waals surface area contributed by atoms with E-state index < -0.39 is 5.97 Å². The van der Waals surface area contributed by atoms with Crippen molar-refractivity contribution >= 4 is 17.7 Å². The Hall–Kier alpha value is -2.37. The van der Waals surface area contributed by atoms with Crippen molar-refractivity contribution in [2.75, 3.05) is 6.61 Å². The normalized spacial score (nSPS) is 12.6. The average molecular weight is 277 g/mol. The number of hydrazone groups is 1. The van der Waals surface area contributed by atoms with Crippen LogP contribution in [0.5, 0.6) is 0 Å². The highest BCUT2D eigenvalue weighted by Gasteiger charge is 2.14. The number of amidine groups is 1. The van der Waals surface area contributed by atoms with Gasteiger partial charge >= 0.3 is 5.97 Å². The Labute approximate surface area is 118 Å². The molecule has 20 heavy (non-hydrogen) atoms. The molecule has 1 rings (SSSR count). The van der Waals surface area contributed by atoms with E-state index in [4.69, 9.17) is 5.73 Å². The van der Waals surface area contributed by atoms with Crippen LogP contribution in [-0.2, 0) is 20.7 Å². The van der Waals surface area contributed by atoms with Crippen LogP contribution in [0.4, 0.5) is 0 Å². The summed E-state index contributed by atoms with van der Waals surface area (Å²) in [4.78, 5) is 23.0. The molecule has 0 aliphatic heterocycles. The van der Waals surface area contributed by atoms with Gasteiger partial charge in [0.25, 0.3) is 0 Å². The van der Waals surface area contributed by atoms with Crippen LogP contribution in [-0.4, -0.2) is 24.3 Å². The molecule has 0 spiro atoms. The van der Waals surface area contributed by atoms with Crippen molar-refractivity contribution in [3.8, 4) is 0 Å². The molecular weight excluding hydrogens is 258 g/mol. The van der Waals surface area contributed by atoms with Gasteiger partial charge in [-0.3, -0.25) is 4.79 Å². The number of amides is 1. The number of nitrogens with two attached hydrogens (primary N) is 1. The van der Waals surface area contributed by atoms with Gasteiger partial charge in [-0.25, -0.2) is 10.2 Å². The number of nitrogens with zero attached hydrogens (tertiary/aromatic N) is 1. The van der Waals surface area contributed by atoms with E-state index in [1.165, 1.54) is 0 Å². The molecule has 0 aliphatic carbocycles. The van der Waals surface area contributed by atoms with Crippen molar-refractivity contribution in [1.82, 2.24) is 5.43 Å². The minimum Gasteiger partial charge on any atom is -0.460 e. The first-order valence-electron chi connectivity index (χ1n) is 6.38. The summed E-state index contributed by atoms with van der Waals surface area (Å²) in [5, 5.41) is 3.53. The van der Waals surface area contributed by atoms with Crippen LogP contribution in [0.3, 0.4) is 0 Å². The summed E-state index contributed by atoms with van der Waals surface area (Å²) in [7, 11) is 0. The molecule has 3 N–H and O–H groups in total. The standard InChI is InChI=1S/C14H19N3O3/c1-3-20-14(19)12(15)16-17-13(18)10(2)9-11-7-5-4-6-8-11/h4-8,10H,3,9H2,1-2H3,(H2,15,16)(H,17,18)/t10-/m0/s1. The molecule has 1 atom stereocenters. The molecule has 0 bridgehead atoms. The van der Waals surface area contributed by atoms with Gasteiger partial charge in [-0.15, -0.1) is 5.10 Å². The number of rotatable bonds is 5. The third-order valence-electron chi connectivity index (χ3n) is 2.60. The van der Waals surface area contributed by atoms with E-state index in [9.17, 15) is 9.59 Å². The Balaban J connectivity index is 2.50. The fraction of sp³-hybridized carbons (Fsp3) is 0.357. The molecule has 1 aromatic rings. The zero-order valence-electron chi connectivity index (χ0n) is 11.6. The summed E-state index contributed by atoms with van der Waals surface area (Å²) in [5.74, 6) is -1.70. The zero-order valence-corrected chi connectivity index (χ0v) is 11.6. The van der Waals surface area contributed by atoms with E-state index in [0.29, 0.717) is 6.42 Å². The van der Waals surface area contributed by atoms with Gasteiger partial charge in [-0.05, 0) is 18.9 Å². The van der Waals surface area contributed by atoms with E-state index in [-0.39, 0.29) is 24.3 Å². The van der Waals surface area contributed by atoms with Gasteiger partial charge in [0.15, 0.2) is 0 Å². The lowest BCUT2D eigenvalue weighted by Crippen LogP contribution is -2.33. The van der Waals surface area contributed by atoms with Gasteiger partial charge in [-0.2, -0.15) is 0 Å². The quantitative estimate of drug-likeness (QED) is 0.360. The van der Waals surface area contributed by atoms with E-state index in [0.717, 1.165) is 5.56 Å². The SMILES string of the molecule is CCOC(=O)/C(N)=N\NC(=O)[C@@H](C)Cc1ccccc1. The molecule has 0 heterocycles. The van der Waals surface area contributed by atoms with Crippen molar-refractivity contribution in [1.29, 1.82) is 0 Å². The number of hydrogen-bond acceptors (Lipinski definition) is 4. The van der Waals surface area contributed by atoms with Crippen LogP contribution in [0.15, 0.2) is 35.4 Å². The Morgan fingerprint density at radius 2 is 2.00 bits per heavy atom. The summed E-state index contributed by atoms with van der Waals surface area (Å²) in [6, 6.07) is 9.63. The average Bonchev–Trinajstić information content (AvgIpc) is 2.45. The maximum atomic E-state index is 11.8. The van der Waals surface area contributed by atoms with Crippen molar-refractivity contribution in [2.24, 2.45) is 16.8 Å². The minimum atomic E-state index is -0.747. The predicted octanol–water partition coefficient (Wildman–Crippen LogP) is 0.817. The molecule has 0 saturated heterocycles. The molecule has 0 radical (unpaired) electrons. The van der Waals surface area contributed by atoms with Crippen LogP contribution in [0.25, 0.3) is 0 Å². The predicted molar refractivity (Wildman–Crippen MR) is 75.7 cm³/mol. The smallest absolute Gasteiger partial charge is 0.375 e. The van der Waals surface area contributed by atoms with Gasteiger partial charge in [0.1, 0.15) is 0 Å². The Morgan fingerprint density at radius 1 is 1.35 bits per heavy atom. The van der Waals surface area contributed by atoms with E-state index in [1.54, 1.807) is 13.8 Å². The van der Waals surface area contributed by atoms with E-state index in [1.807, 2.05) is 30.3 Å². The lowest BCUT2D eigenvalue weighted by molar-refractivity contribution is -0.135. The van der Waals surface area contributed by atoms with Crippen molar-refractivity contribution in [3.63, 3.8) is 0 Å². The maximum absolute atomic E-state index is 11.8.